The summed E-state index contributed by atoms with van der Waals surface area (Å²) in [5.74, 6) is 0.208. The van der Waals surface area contributed by atoms with E-state index < -0.39 is 5.41 Å². The van der Waals surface area contributed by atoms with Gasteiger partial charge in [0.15, 0.2) is 0 Å². The van der Waals surface area contributed by atoms with Crippen molar-refractivity contribution in [1.82, 2.24) is 9.96 Å². The van der Waals surface area contributed by atoms with Gasteiger partial charge in [0.2, 0.25) is 0 Å². The van der Waals surface area contributed by atoms with Crippen LogP contribution in [0.2, 0.25) is 0 Å². The number of piperazine rings is 1. The van der Waals surface area contributed by atoms with Gasteiger partial charge in [-0.25, -0.2) is 9.18 Å². The summed E-state index contributed by atoms with van der Waals surface area (Å²) in [6.07, 6.45) is 2.12. The molecule has 2 fully saturated rings. The van der Waals surface area contributed by atoms with Gasteiger partial charge in [-0.15, -0.1) is 5.06 Å². The van der Waals surface area contributed by atoms with Crippen molar-refractivity contribution in [3.05, 3.63) is 24.0 Å². The van der Waals surface area contributed by atoms with Crippen molar-refractivity contribution in [2.75, 3.05) is 56.4 Å². The number of hydrogen-bond acceptors (Lipinski definition) is 6. The highest BCUT2D eigenvalue weighted by Gasteiger charge is 2.29. The van der Waals surface area contributed by atoms with E-state index in [2.05, 4.69) is 9.80 Å². The molecule has 0 amide bonds. The van der Waals surface area contributed by atoms with E-state index in [9.17, 15) is 9.18 Å². The zero-order valence-electron chi connectivity index (χ0n) is 17.3. The van der Waals surface area contributed by atoms with Crippen LogP contribution in [0.5, 0.6) is 0 Å². The molecule has 0 aliphatic carbocycles. The maximum absolute atomic E-state index is 14.1. The number of carbonyl (C=O) groups is 1. The topological polar surface area (TPSA) is 62.0 Å². The predicted octanol–water partition coefficient (Wildman–Crippen LogP) is 2.75. The van der Waals surface area contributed by atoms with Crippen LogP contribution in [0.25, 0.3) is 0 Å². The van der Waals surface area contributed by atoms with Crippen molar-refractivity contribution in [2.24, 2.45) is 11.3 Å². The molecule has 2 saturated heterocycles. The van der Waals surface area contributed by atoms with E-state index in [0.717, 1.165) is 58.7 Å². The molecule has 1 aromatic rings. The number of hydrogen-bond donors (Lipinski definition) is 1. The van der Waals surface area contributed by atoms with Crippen LogP contribution in [0, 0.1) is 17.2 Å². The van der Waals surface area contributed by atoms with E-state index in [1.165, 1.54) is 6.07 Å². The van der Waals surface area contributed by atoms with Crippen molar-refractivity contribution >= 4 is 17.3 Å². The summed E-state index contributed by atoms with van der Waals surface area (Å²) >= 11 is 0. The number of rotatable bonds is 4. The van der Waals surface area contributed by atoms with Crippen LogP contribution in [0.1, 0.15) is 33.6 Å². The minimum absolute atomic E-state index is 0.178. The summed E-state index contributed by atoms with van der Waals surface area (Å²) in [7, 11) is 0. The summed E-state index contributed by atoms with van der Waals surface area (Å²) in [5, 5.41) is 1.79. The van der Waals surface area contributed by atoms with E-state index in [0.29, 0.717) is 17.3 Å². The zero-order valence-corrected chi connectivity index (χ0v) is 17.3. The molecule has 0 saturated carbocycles. The average molecular weight is 393 g/mol. The van der Waals surface area contributed by atoms with Crippen LogP contribution in [-0.4, -0.2) is 61.7 Å². The fourth-order valence-corrected chi connectivity index (χ4v) is 3.76. The summed E-state index contributed by atoms with van der Waals surface area (Å²) in [6, 6.07) is 4.94. The minimum atomic E-state index is -0.477. The molecule has 28 heavy (non-hydrogen) atoms. The Morgan fingerprint density at radius 2 is 1.79 bits per heavy atom. The fourth-order valence-electron chi connectivity index (χ4n) is 3.76. The largest absolute Gasteiger partial charge is 0.399 e. The molecule has 0 atom stereocenters. The highest BCUT2D eigenvalue weighted by Crippen LogP contribution is 2.27. The van der Waals surface area contributed by atoms with Crippen LogP contribution in [-0.2, 0) is 9.63 Å². The molecule has 0 radical (unpaired) electrons. The highest BCUT2D eigenvalue weighted by atomic mass is 19.1. The Morgan fingerprint density at radius 1 is 1.14 bits per heavy atom. The lowest BCUT2D eigenvalue weighted by molar-refractivity contribution is -0.207. The van der Waals surface area contributed by atoms with Crippen LogP contribution in [0.3, 0.4) is 0 Å². The van der Waals surface area contributed by atoms with E-state index >= 15 is 0 Å². The number of piperidine rings is 1. The lowest BCUT2D eigenvalue weighted by Crippen LogP contribution is -2.50. The third-order valence-corrected chi connectivity index (χ3v) is 5.60. The molecular weight excluding hydrogens is 359 g/mol. The normalized spacial score (nSPS) is 20.4. The van der Waals surface area contributed by atoms with Crippen LogP contribution in [0.15, 0.2) is 18.2 Å². The smallest absolute Gasteiger partial charge is 0.330 e. The number of nitrogens with zero attached hydrogens (tertiary/aromatic N) is 3. The molecule has 2 aliphatic heterocycles. The van der Waals surface area contributed by atoms with Crippen LogP contribution >= 0.6 is 0 Å². The number of halogens is 1. The molecule has 0 unspecified atom stereocenters. The number of carbonyl (C=O) groups excluding carboxylic acids is 1. The van der Waals surface area contributed by atoms with Crippen LogP contribution < -0.4 is 10.6 Å². The summed E-state index contributed by atoms with van der Waals surface area (Å²) < 4.78 is 14.1. The fraction of sp³-hybridized carbons (Fsp3) is 0.667. The molecule has 2 aliphatic rings. The Labute approximate surface area is 167 Å². The van der Waals surface area contributed by atoms with Gasteiger partial charge in [-0.05, 0) is 57.7 Å². The Hall–Kier alpha value is -1.86. The molecule has 1 aromatic carbocycles. The molecule has 0 aromatic heterocycles. The SMILES string of the molecule is CC(C)(C)C(=O)ON1CCN(CC2CCN(c3ccc(N)cc3F)CC2)CC1. The van der Waals surface area contributed by atoms with Crippen molar-refractivity contribution in [3.8, 4) is 0 Å². The first kappa shape index (κ1) is 20.9. The van der Waals surface area contributed by atoms with Gasteiger partial charge in [-0.3, -0.25) is 0 Å². The summed E-state index contributed by atoms with van der Waals surface area (Å²) in [4.78, 5) is 22.1. The van der Waals surface area contributed by atoms with Crippen molar-refractivity contribution in [1.29, 1.82) is 0 Å². The first-order chi connectivity index (χ1) is 13.2. The van der Waals surface area contributed by atoms with Gasteiger partial charge in [0.05, 0.1) is 11.1 Å². The average Bonchev–Trinajstić information content (AvgIpc) is 2.63. The number of nitrogen functional groups attached to an aromatic ring is 1. The molecule has 2 N–H and O–H groups in total. The zero-order chi connectivity index (χ0) is 20.3. The Morgan fingerprint density at radius 3 is 2.36 bits per heavy atom. The molecule has 3 rings (SSSR count). The van der Waals surface area contributed by atoms with E-state index in [1.54, 1.807) is 17.2 Å². The number of benzene rings is 1. The second-order valence-corrected chi connectivity index (χ2v) is 9.00. The van der Waals surface area contributed by atoms with Gasteiger partial charge in [0.1, 0.15) is 5.82 Å². The number of anilines is 2. The lowest BCUT2D eigenvalue weighted by atomic mass is 9.95. The van der Waals surface area contributed by atoms with Crippen molar-refractivity contribution in [2.45, 2.75) is 33.6 Å². The number of hydroxylamine groups is 2. The summed E-state index contributed by atoms with van der Waals surface area (Å²) in [6.45, 7) is 11.7. The van der Waals surface area contributed by atoms with Gasteiger partial charge in [-0.1, -0.05) is 0 Å². The van der Waals surface area contributed by atoms with Gasteiger partial charge < -0.3 is 20.4 Å². The monoisotopic (exact) mass is 392 g/mol. The predicted molar refractivity (Wildman–Crippen MR) is 109 cm³/mol. The molecule has 2 heterocycles. The van der Waals surface area contributed by atoms with Crippen LogP contribution in [0.4, 0.5) is 15.8 Å². The second-order valence-electron chi connectivity index (χ2n) is 9.00. The minimum Gasteiger partial charge on any atom is -0.399 e. The maximum Gasteiger partial charge on any atom is 0.330 e. The third-order valence-electron chi connectivity index (χ3n) is 5.60. The third kappa shape index (κ3) is 5.35. The summed E-state index contributed by atoms with van der Waals surface area (Å²) in [5.41, 5.74) is 6.28. The first-order valence-electron chi connectivity index (χ1n) is 10.2. The Bertz CT molecular complexity index is 675. The van der Waals surface area contributed by atoms with Gasteiger partial charge in [0.25, 0.3) is 0 Å². The first-order valence-corrected chi connectivity index (χ1v) is 10.2. The van der Waals surface area contributed by atoms with Crippen molar-refractivity contribution in [3.63, 3.8) is 0 Å². The standard InChI is InChI=1S/C21H33FN4O2/c1-21(2,3)20(27)28-26-12-10-24(11-13-26)15-16-6-8-25(9-7-16)19-5-4-17(23)14-18(19)22/h4-5,14,16H,6-13,15,23H2,1-3H3. The van der Waals surface area contributed by atoms with E-state index in [1.807, 2.05) is 20.8 Å². The quantitative estimate of drug-likeness (QED) is 0.795. The molecule has 6 nitrogen and oxygen atoms in total. The lowest BCUT2D eigenvalue weighted by Gasteiger charge is -2.39. The molecule has 0 spiro atoms. The van der Waals surface area contributed by atoms with Gasteiger partial charge >= 0.3 is 5.97 Å². The van der Waals surface area contributed by atoms with E-state index in [-0.39, 0.29) is 11.8 Å². The molecule has 0 bridgehead atoms. The van der Waals surface area contributed by atoms with Crippen molar-refractivity contribution < 1.29 is 14.0 Å². The van der Waals surface area contributed by atoms with E-state index in [4.69, 9.17) is 10.6 Å². The highest BCUT2D eigenvalue weighted by molar-refractivity contribution is 5.75. The molecule has 156 valence electrons. The van der Waals surface area contributed by atoms with Gasteiger partial charge in [0, 0.05) is 51.5 Å². The Balaban J connectivity index is 1.41. The molecular formula is C21H33FN4O2. The maximum atomic E-state index is 14.1. The number of nitrogens with two attached hydrogens (primary N) is 1. The Kier molecular flexibility index (Phi) is 6.45. The second kappa shape index (κ2) is 8.66. The van der Waals surface area contributed by atoms with Gasteiger partial charge in [-0.2, -0.15) is 0 Å². The molecule has 7 heteroatoms.